The molecule has 0 saturated heterocycles. The average Bonchev–Trinajstić information content (AvgIpc) is 2.32. The van der Waals surface area contributed by atoms with Gasteiger partial charge in [-0.05, 0) is 18.2 Å². The summed E-state index contributed by atoms with van der Waals surface area (Å²) in [6.07, 6.45) is 0.609. The van der Waals surface area contributed by atoms with Crippen LogP contribution < -0.4 is 10.1 Å². The second-order valence-electron chi connectivity index (χ2n) is 3.37. The van der Waals surface area contributed by atoms with Crippen molar-refractivity contribution in [3.05, 3.63) is 23.2 Å². The van der Waals surface area contributed by atoms with E-state index < -0.39 is 0 Å². The van der Waals surface area contributed by atoms with E-state index in [4.69, 9.17) is 16.3 Å². The molecule has 4 nitrogen and oxygen atoms in total. The Bertz CT molecular complexity index is 432. The van der Waals surface area contributed by atoms with Crippen LogP contribution in [0.25, 0.3) is 0 Å². The average molecular weight is 256 g/mol. The number of ether oxygens (including phenoxy) is 1. The molecule has 17 heavy (non-hydrogen) atoms. The maximum Gasteiger partial charge on any atom is 0.310 e. The van der Waals surface area contributed by atoms with Crippen LogP contribution in [0, 0.1) is 0 Å². The van der Waals surface area contributed by atoms with Crippen molar-refractivity contribution in [1.82, 2.24) is 0 Å². The molecule has 0 aliphatic heterocycles. The quantitative estimate of drug-likeness (QED) is 0.665. The Kier molecular flexibility index (Phi) is 4.97. The number of amides is 1. The molecule has 0 aliphatic carbocycles. The molecule has 0 radical (unpaired) electrons. The maximum atomic E-state index is 11.3. The zero-order valence-corrected chi connectivity index (χ0v) is 10.5. The summed E-state index contributed by atoms with van der Waals surface area (Å²) in [5.74, 6) is -0.219. The summed E-state index contributed by atoms with van der Waals surface area (Å²) in [6.45, 7) is 3.43. The maximum absolute atomic E-state index is 11.3. The molecule has 1 amide bonds. The predicted octanol–water partition coefficient (Wildman–Crippen LogP) is 3.00. The van der Waals surface area contributed by atoms with Crippen molar-refractivity contribution in [2.45, 2.75) is 26.7 Å². The van der Waals surface area contributed by atoms with Gasteiger partial charge in [0.25, 0.3) is 0 Å². The monoisotopic (exact) mass is 255 g/mol. The summed E-state index contributed by atoms with van der Waals surface area (Å²) >= 11 is 5.82. The number of hydrogen-bond donors (Lipinski definition) is 1. The highest BCUT2D eigenvalue weighted by Crippen LogP contribution is 2.28. The van der Waals surface area contributed by atoms with Crippen molar-refractivity contribution < 1.29 is 14.3 Å². The van der Waals surface area contributed by atoms with Crippen LogP contribution in [0.5, 0.6) is 5.75 Å². The standard InChI is InChI=1S/C12H14ClNO3/c1-3-11(15)14-9-7-8(13)5-6-10(9)17-12(16)4-2/h5-7H,3-4H2,1-2H3,(H,14,15). The zero-order valence-electron chi connectivity index (χ0n) is 9.75. The third kappa shape index (κ3) is 4.07. The molecular formula is C12H14ClNO3. The highest BCUT2D eigenvalue weighted by atomic mass is 35.5. The third-order valence-electron chi connectivity index (χ3n) is 2.05. The van der Waals surface area contributed by atoms with Gasteiger partial charge in [0.1, 0.15) is 0 Å². The zero-order chi connectivity index (χ0) is 12.8. The lowest BCUT2D eigenvalue weighted by molar-refractivity contribution is -0.134. The van der Waals surface area contributed by atoms with Crippen LogP contribution in [-0.4, -0.2) is 11.9 Å². The van der Waals surface area contributed by atoms with Gasteiger partial charge in [0.2, 0.25) is 5.91 Å². The fourth-order valence-electron chi connectivity index (χ4n) is 1.12. The Labute approximate surface area is 105 Å². The Balaban J connectivity index is 2.95. The topological polar surface area (TPSA) is 55.4 Å². The van der Waals surface area contributed by atoms with Gasteiger partial charge in [-0.3, -0.25) is 9.59 Å². The predicted molar refractivity (Wildman–Crippen MR) is 66.3 cm³/mol. The van der Waals surface area contributed by atoms with E-state index in [9.17, 15) is 9.59 Å². The first kappa shape index (κ1) is 13.5. The summed E-state index contributed by atoms with van der Waals surface area (Å²) < 4.78 is 5.08. The number of benzene rings is 1. The molecule has 0 unspecified atom stereocenters. The molecule has 1 aromatic rings. The molecule has 0 atom stereocenters. The lowest BCUT2D eigenvalue weighted by atomic mass is 10.2. The molecular weight excluding hydrogens is 242 g/mol. The minimum atomic E-state index is -0.362. The van der Waals surface area contributed by atoms with Crippen LogP contribution in [0.1, 0.15) is 26.7 Å². The first-order valence-electron chi connectivity index (χ1n) is 5.36. The largest absolute Gasteiger partial charge is 0.424 e. The van der Waals surface area contributed by atoms with Crippen molar-refractivity contribution in [1.29, 1.82) is 0 Å². The molecule has 0 saturated carbocycles. The van der Waals surface area contributed by atoms with E-state index in [1.807, 2.05) is 0 Å². The fraction of sp³-hybridized carbons (Fsp3) is 0.333. The van der Waals surface area contributed by atoms with E-state index in [1.165, 1.54) is 0 Å². The SMILES string of the molecule is CCC(=O)Nc1cc(Cl)ccc1OC(=O)CC. The fourth-order valence-corrected chi connectivity index (χ4v) is 1.29. The van der Waals surface area contributed by atoms with Crippen LogP contribution in [0.15, 0.2) is 18.2 Å². The first-order chi connectivity index (χ1) is 8.06. The van der Waals surface area contributed by atoms with Crippen LogP contribution in [0.2, 0.25) is 5.02 Å². The van der Waals surface area contributed by atoms with Gasteiger partial charge >= 0.3 is 5.97 Å². The van der Waals surface area contributed by atoms with Crippen LogP contribution >= 0.6 is 11.6 Å². The van der Waals surface area contributed by atoms with Gasteiger partial charge in [0.05, 0.1) is 5.69 Å². The second kappa shape index (κ2) is 6.25. The normalized spacial score (nSPS) is 9.82. The molecule has 0 aliphatic rings. The number of carbonyl (C=O) groups excluding carboxylic acids is 2. The molecule has 0 heterocycles. The molecule has 92 valence electrons. The number of hydrogen-bond acceptors (Lipinski definition) is 3. The van der Waals surface area contributed by atoms with E-state index >= 15 is 0 Å². The van der Waals surface area contributed by atoms with Gasteiger partial charge in [-0.2, -0.15) is 0 Å². The van der Waals surface area contributed by atoms with Crippen LogP contribution in [0.3, 0.4) is 0 Å². The Morgan fingerprint density at radius 1 is 1.29 bits per heavy atom. The smallest absolute Gasteiger partial charge is 0.310 e. The first-order valence-corrected chi connectivity index (χ1v) is 5.74. The lowest BCUT2D eigenvalue weighted by Gasteiger charge is -2.10. The van der Waals surface area contributed by atoms with Crippen molar-refractivity contribution in [3.8, 4) is 5.75 Å². The number of nitrogens with one attached hydrogen (secondary N) is 1. The van der Waals surface area contributed by atoms with E-state index in [1.54, 1.807) is 32.0 Å². The molecule has 1 N–H and O–H groups in total. The van der Waals surface area contributed by atoms with Crippen molar-refractivity contribution in [2.75, 3.05) is 5.32 Å². The molecule has 1 rings (SSSR count). The molecule has 0 bridgehead atoms. The van der Waals surface area contributed by atoms with Gasteiger partial charge in [-0.1, -0.05) is 25.4 Å². The Morgan fingerprint density at radius 2 is 2.00 bits per heavy atom. The van der Waals surface area contributed by atoms with Crippen molar-refractivity contribution >= 4 is 29.2 Å². The van der Waals surface area contributed by atoms with Gasteiger partial charge in [0, 0.05) is 17.9 Å². The Morgan fingerprint density at radius 3 is 2.59 bits per heavy atom. The van der Waals surface area contributed by atoms with Crippen LogP contribution in [0.4, 0.5) is 5.69 Å². The van der Waals surface area contributed by atoms with Crippen molar-refractivity contribution in [2.24, 2.45) is 0 Å². The van der Waals surface area contributed by atoms with E-state index in [0.29, 0.717) is 22.9 Å². The molecule has 0 fully saturated rings. The summed E-state index contributed by atoms with van der Waals surface area (Å²) in [6, 6.07) is 4.70. The minimum Gasteiger partial charge on any atom is -0.424 e. The van der Waals surface area contributed by atoms with Gasteiger partial charge in [-0.25, -0.2) is 0 Å². The summed E-state index contributed by atoms with van der Waals surface area (Å²) in [4.78, 5) is 22.5. The lowest BCUT2D eigenvalue weighted by Crippen LogP contribution is -2.13. The van der Waals surface area contributed by atoms with Gasteiger partial charge in [-0.15, -0.1) is 0 Å². The number of halogens is 1. The number of carbonyl (C=O) groups is 2. The second-order valence-corrected chi connectivity index (χ2v) is 3.81. The van der Waals surface area contributed by atoms with Gasteiger partial charge in [0.15, 0.2) is 5.75 Å². The van der Waals surface area contributed by atoms with Crippen molar-refractivity contribution in [3.63, 3.8) is 0 Å². The molecule has 0 spiro atoms. The highest BCUT2D eigenvalue weighted by molar-refractivity contribution is 6.31. The summed E-state index contributed by atoms with van der Waals surface area (Å²) in [5.41, 5.74) is 0.408. The highest BCUT2D eigenvalue weighted by Gasteiger charge is 2.10. The Hall–Kier alpha value is -1.55. The third-order valence-corrected chi connectivity index (χ3v) is 2.28. The number of anilines is 1. The van der Waals surface area contributed by atoms with E-state index in [2.05, 4.69) is 5.32 Å². The van der Waals surface area contributed by atoms with E-state index in [-0.39, 0.29) is 18.3 Å². The van der Waals surface area contributed by atoms with E-state index in [0.717, 1.165) is 0 Å². The number of rotatable bonds is 4. The molecule has 0 aromatic heterocycles. The van der Waals surface area contributed by atoms with Gasteiger partial charge < -0.3 is 10.1 Å². The van der Waals surface area contributed by atoms with Crippen LogP contribution in [-0.2, 0) is 9.59 Å². The minimum absolute atomic E-state index is 0.166. The number of esters is 1. The molecule has 1 aromatic carbocycles. The summed E-state index contributed by atoms with van der Waals surface area (Å²) in [7, 11) is 0. The summed E-state index contributed by atoms with van der Waals surface area (Å²) in [5, 5.41) is 3.10. The molecule has 5 heteroatoms.